The third-order valence-electron chi connectivity index (χ3n) is 8.85. The molecule has 0 spiro atoms. The van der Waals surface area contributed by atoms with Crippen molar-refractivity contribution in [3.63, 3.8) is 0 Å². The first-order valence-electron chi connectivity index (χ1n) is 13.2. The molecule has 0 radical (unpaired) electrons. The standard InChI is InChI=1S/C29H39BN2O3/c1-17(2)19(4)27(33)32-16-18(3)13-26(32)25-15-23-22-11-10-21(14-20(22)9-12-24(23)31-25)30-34-28(5,6)29(7,8)35-30/h9-12,14,17-19,26H,13,15-16H2,1-8H3/t18-,19-,26-/m0/s1. The summed E-state index contributed by atoms with van der Waals surface area (Å²) in [6, 6.07) is 10.9. The van der Waals surface area contributed by atoms with E-state index in [0.717, 1.165) is 36.2 Å². The van der Waals surface area contributed by atoms with Crippen LogP contribution in [-0.2, 0) is 20.5 Å². The molecule has 3 aliphatic heterocycles. The van der Waals surface area contributed by atoms with Gasteiger partial charge in [0.25, 0.3) is 0 Å². The normalized spacial score (nSPS) is 25.9. The molecule has 3 atom stereocenters. The number of carbonyl (C=O) groups excluding carboxylic acids is 1. The van der Waals surface area contributed by atoms with E-state index in [-0.39, 0.29) is 36.2 Å². The minimum Gasteiger partial charge on any atom is -0.399 e. The van der Waals surface area contributed by atoms with Gasteiger partial charge in [-0.2, -0.15) is 0 Å². The van der Waals surface area contributed by atoms with Gasteiger partial charge in [0.2, 0.25) is 5.91 Å². The molecule has 0 aliphatic carbocycles. The molecular weight excluding hydrogens is 435 g/mol. The van der Waals surface area contributed by atoms with Gasteiger partial charge in [0, 0.05) is 24.6 Å². The van der Waals surface area contributed by atoms with Gasteiger partial charge in [-0.15, -0.1) is 0 Å². The van der Waals surface area contributed by atoms with E-state index < -0.39 is 0 Å². The number of rotatable bonds is 4. The van der Waals surface area contributed by atoms with E-state index in [1.54, 1.807) is 0 Å². The Kier molecular flexibility index (Phi) is 5.92. The van der Waals surface area contributed by atoms with Gasteiger partial charge in [-0.05, 0) is 73.8 Å². The fourth-order valence-corrected chi connectivity index (χ4v) is 5.54. The first-order chi connectivity index (χ1) is 16.4. The average molecular weight is 474 g/mol. The minimum absolute atomic E-state index is 0.0291. The number of benzene rings is 2. The van der Waals surface area contributed by atoms with E-state index in [4.69, 9.17) is 14.3 Å². The Balaban J connectivity index is 1.40. The number of fused-ring (bicyclic) bond motifs is 3. The van der Waals surface area contributed by atoms with Crippen LogP contribution in [0.2, 0.25) is 0 Å². The van der Waals surface area contributed by atoms with E-state index in [1.807, 2.05) is 0 Å². The molecule has 186 valence electrons. The van der Waals surface area contributed by atoms with Gasteiger partial charge >= 0.3 is 7.12 Å². The van der Waals surface area contributed by atoms with E-state index in [9.17, 15) is 4.79 Å². The van der Waals surface area contributed by atoms with Gasteiger partial charge in [-0.1, -0.05) is 52.0 Å². The highest BCUT2D eigenvalue weighted by Crippen LogP contribution is 2.39. The van der Waals surface area contributed by atoms with Gasteiger partial charge < -0.3 is 14.2 Å². The third-order valence-corrected chi connectivity index (χ3v) is 8.85. The van der Waals surface area contributed by atoms with E-state index in [2.05, 4.69) is 90.6 Å². The van der Waals surface area contributed by atoms with Gasteiger partial charge in [0.05, 0.1) is 22.9 Å². The Hall–Kier alpha value is -2.18. The predicted molar refractivity (Wildman–Crippen MR) is 144 cm³/mol. The summed E-state index contributed by atoms with van der Waals surface area (Å²) in [4.78, 5) is 20.5. The molecule has 3 heterocycles. The van der Waals surface area contributed by atoms with Gasteiger partial charge in [0.1, 0.15) is 0 Å². The van der Waals surface area contributed by atoms with Crippen molar-refractivity contribution in [3.05, 3.63) is 35.9 Å². The first kappa shape index (κ1) is 24.5. The van der Waals surface area contributed by atoms with Crippen LogP contribution < -0.4 is 5.46 Å². The lowest BCUT2D eigenvalue weighted by molar-refractivity contribution is -0.136. The highest BCUT2D eigenvalue weighted by atomic mass is 16.7. The Bertz CT molecular complexity index is 1190. The smallest absolute Gasteiger partial charge is 0.399 e. The fraction of sp³-hybridized carbons (Fsp3) is 0.586. The first-order valence-corrected chi connectivity index (χ1v) is 13.2. The number of likely N-dealkylation sites (tertiary alicyclic amines) is 1. The van der Waals surface area contributed by atoms with Gasteiger partial charge in [0.15, 0.2) is 0 Å². The number of nitrogens with zero attached hydrogens (tertiary/aromatic N) is 2. The maximum absolute atomic E-state index is 13.3. The number of amides is 1. The third kappa shape index (κ3) is 4.13. The topological polar surface area (TPSA) is 51.1 Å². The second-order valence-electron chi connectivity index (χ2n) is 12.3. The lowest BCUT2D eigenvalue weighted by atomic mass is 9.78. The molecule has 35 heavy (non-hydrogen) atoms. The highest BCUT2D eigenvalue weighted by Gasteiger charge is 2.51. The minimum atomic E-state index is -0.369. The van der Waals surface area contributed by atoms with Gasteiger partial charge in [-0.3, -0.25) is 9.79 Å². The van der Waals surface area contributed by atoms with Crippen LogP contribution in [0.25, 0.3) is 10.8 Å². The Morgan fingerprint density at radius 3 is 2.43 bits per heavy atom. The number of hydrogen-bond acceptors (Lipinski definition) is 4. The average Bonchev–Trinajstić information content (AvgIpc) is 3.45. The zero-order valence-corrected chi connectivity index (χ0v) is 22.5. The molecule has 2 fully saturated rings. The summed E-state index contributed by atoms with van der Waals surface area (Å²) >= 11 is 0. The van der Waals surface area contributed by atoms with Crippen LogP contribution in [-0.4, -0.2) is 47.4 Å². The molecule has 2 aromatic rings. The van der Waals surface area contributed by atoms with Crippen molar-refractivity contribution in [3.8, 4) is 0 Å². The van der Waals surface area contributed by atoms with Crippen LogP contribution in [0.5, 0.6) is 0 Å². The number of hydrogen-bond donors (Lipinski definition) is 0. The quantitative estimate of drug-likeness (QED) is 0.566. The van der Waals surface area contributed by atoms with Crippen molar-refractivity contribution in [2.45, 2.75) is 85.5 Å². The van der Waals surface area contributed by atoms with Crippen LogP contribution in [0.4, 0.5) is 5.69 Å². The summed E-state index contributed by atoms with van der Waals surface area (Å²) in [5.41, 5.74) is 3.77. The zero-order valence-electron chi connectivity index (χ0n) is 22.5. The van der Waals surface area contributed by atoms with Crippen molar-refractivity contribution >= 4 is 40.7 Å². The summed E-state index contributed by atoms with van der Waals surface area (Å²) in [5.74, 6) is 1.13. The summed E-state index contributed by atoms with van der Waals surface area (Å²) < 4.78 is 12.5. The summed E-state index contributed by atoms with van der Waals surface area (Å²) in [7, 11) is -0.369. The maximum Gasteiger partial charge on any atom is 0.494 e. The summed E-state index contributed by atoms with van der Waals surface area (Å²) in [6.07, 6.45) is 1.80. The molecule has 2 saturated heterocycles. The molecule has 1 amide bonds. The van der Waals surface area contributed by atoms with Crippen molar-refractivity contribution in [2.24, 2.45) is 22.7 Å². The van der Waals surface area contributed by atoms with Crippen LogP contribution in [0, 0.1) is 17.8 Å². The largest absolute Gasteiger partial charge is 0.494 e. The SMILES string of the molecule is CC(C)[C@H](C)C(=O)N1C[C@@H](C)C[C@H]1C1=Nc2ccc3cc(B4OC(C)(C)C(C)(C)O4)ccc3c2C1. The van der Waals surface area contributed by atoms with Crippen molar-refractivity contribution in [1.82, 2.24) is 4.90 Å². The van der Waals surface area contributed by atoms with Crippen LogP contribution in [0.1, 0.15) is 67.4 Å². The van der Waals surface area contributed by atoms with Crippen molar-refractivity contribution in [1.29, 1.82) is 0 Å². The molecule has 0 bridgehead atoms. The van der Waals surface area contributed by atoms with Crippen LogP contribution in [0.15, 0.2) is 35.3 Å². The molecule has 0 N–H and O–H groups in total. The number of aliphatic imine (C=N–C) groups is 1. The summed E-state index contributed by atoms with van der Waals surface area (Å²) in [6.45, 7) is 17.7. The lowest BCUT2D eigenvalue weighted by Crippen LogP contribution is -2.44. The molecule has 5 nitrogen and oxygen atoms in total. The summed E-state index contributed by atoms with van der Waals surface area (Å²) in [5, 5.41) is 2.40. The Morgan fingerprint density at radius 1 is 1.09 bits per heavy atom. The monoisotopic (exact) mass is 474 g/mol. The highest BCUT2D eigenvalue weighted by molar-refractivity contribution is 6.62. The van der Waals surface area contributed by atoms with Gasteiger partial charge in [-0.25, -0.2) is 0 Å². The van der Waals surface area contributed by atoms with Crippen LogP contribution >= 0.6 is 0 Å². The Labute approximate surface area is 210 Å². The predicted octanol–water partition coefficient (Wildman–Crippen LogP) is 5.30. The molecule has 0 unspecified atom stereocenters. The molecular formula is C29H39BN2O3. The Morgan fingerprint density at radius 2 is 1.77 bits per heavy atom. The van der Waals surface area contributed by atoms with E-state index in [0.29, 0.717) is 11.8 Å². The van der Waals surface area contributed by atoms with E-state index in [1.165, 1.54) is 16.3 Å². The molecule has 6 heteroatoms. The number of carbonyl (C=O) groups is 1. The van der Waals surface area contributed by atoms with Crippen molar-refractivity contribution < 1.29 is 14.1 Å². The van der Waals surface area contributed by atoms with E-state index >= 15 is 0 Å². The molecule has 0 aromatic heterocycles. The fourth-order valence-electron chi connectivity index (χ4n) is 5.54. The second-order valence-corrected chi connectivity index (χ2v) is 12.3. The zero-order chi connectivity index (χ0) is 25.3. The molecule has 2 aromatic carbocycles. The molecule has 0 saturated carbocycles. The second kappa shape index (κ2) is 8.45. The molecule has 5 rings (SSSR count). The lowest BCUT2D eigenvalue weighted by Gasteiger charge is -2.32. The molecule has 3 aliphatic rings. The van der Waals surface area contributed by atoms with Crippen LogP contribution in [0.3, 0.4) is 0 Å². The maximum atomic E-state index is 13.3. The van der Waals surface area contributed by atoms with Crippen molar-refractivity contribution in [2.75, 3.05) is 6.54 Å².